The zero-order valence-corrected chi connectivity index (χ0v) is 11.2. The highest BCUT2D eigenvalue weighted by atomic mass is 16.5. The van der Waals surface area contributed by atoms with Crippen molar-refractivity contribution in [3.8, 4) is 16.9 Å². The largest absolute Gasteiger partial charge is 0.490 e. The molecule has 0 aromatic heterocycles. The molecule has 0 atom stereocenters. The molecule has 0 bridgehead atoms. The van der Waals surface area contributed by atoms with E-state index in [2.05, 4.69) is 53.8 Å². The molecule has 1 saturated carbocycles. The molecule has 1 aliphatic rings. The van der Waals surface area contributed by atoms with Crippen LogP contribution in [0, 0.1) is 0 Å². The van der Waals surface area contributed by atoms with Crippen LogP contribution in [0.4, 0.5) is 0 Å². The fourth-order valence-electron chi connectivity index (χ4n) is 2.24. The van der Waals surface area contributed by atoms with Gasteiger partial charge in [0.2, 0.25) is 0 Å². The van der Waals surface area contributed by atoms with Crippen LogP contribution in [-0.2, 0) is 6.54 Å². The van der Waals surface area contributed by atoms with Gasteiger partial charge in [-0.3, -0.25) is 0 Å². The second-order valence-electron chi connectivity index (χ2n) is 5.03. The summed E-state index contributed by atoms with van der Waals surface area (Å²) >= 11 is 0. The fourth-order valence-corrected chi connectivity index (χ4v) is 2.24. The Labute approximate surface area is 114 Å². The molecule has 2 heteroatoms. The fraction of sp³-hybridized carbons (Fsp3) is 0.294. The second-order valence-corrected chi connectivity index (χ2v) is 5.03. The van der Waals surface area contributed by atoms with E-state index in [1.165, 1.54) is 29.5 Å². The first kappa shape index (κ1) is 12.2. The molecule has 3 rings (SSSR count). The molecule has 0 aliphatic heterocycles. The first-order valence-electron chi connectivity index (χ1n) is 6.86. The third-order valence-electron chi connectivity index (χ3n) is 3.38. The molecule has 0 unspecified atom stereocenters. The van der Waals surface area contributed by atoms with Crippen LogP contribution in [0.2, 0.25) is 0 Å². The molecular weight excluding hydrogens is 234 g/mol. The standard InChI is InChI=1S/C17H19NO/c1-18-12-14-4-2-3-5-17(14)13-6-8-15(9-7-13)19-16-10-11-16/h2-9,16,18H,10-12H2,1H3. The van der Waals surface area contributed by atoms with E-state index in [0.717, 1.165) is 12.3 Å². The van der Waals surface area contributed by atoms with Crippen LogP contribution in [0.25, 0.3) is 11.1 Å². The van der Waals surface area contributed by atoms with Gasteiger partial charge < -0.3 is 10.1 Å². The lowest BCUT2D eigenvalue weighted by Gasteiger charge is -2.10. The highest BCUT2D eigenvalue weighted by molar-refractivity contribution is 5.67. The number of benzene rings is 2. The number of hydrogen-bond donors (Lipinski definition) is 1. The van der Waals surface area contributed by atoms with Crippen molar-refractivity contribution in [3.63, 3.8) is 0 Å². The maximum absolute atomic E-state index is 5.78. The van der Waals surface area contributed by atoms with Gasteiger partial charge in [0.15, 0.2) is 0 Å². The van der Waals surface area contributed by atoms with Crippen molar-refractivity contribution in [3.05, 3.63) is 54.1 Å². The molecule has 0 heterocycles. The normalized spacial score (nSPS) is 14.4. The lowest BCUT2D eigenvalue weighted by Crippen LogP contribution is -2.06. The zero-order valence-electron chi connectivity index (χ0n) is 11.2. The van der Waals surface area contributed by atoms with E-state index in [0.29, 0.717) is 6.10 Å². The summed E-state index contributed by atoms with van der Waals surface area (Å²) in [6.45, 7) is 0.885. The molecule has 1 N–H and O–H groups in total. The van der Waals surface area contributed by atoms with Gasteiger partial charge in [-0.15, -0.1) is 0 Å². The van der Waals surface area contributed by atoms with Crippen LogP contribution in [0.15, 0.2) is 48.5 Å². The molecule has 2 aromatic carbocycles. The molecule has 2 nitrogen and oxygen atoms in total. The summed E-state index contributed by atoms with van der Waals surface area (Å²) in [4.78, 5) is 0. The van der Waals surface area contributed by atoms with Crippen LogP contribution < -0.4 is 10.1 Å². The van der Waals surface area contributed by atoms with Gasteiger partial charge in [0.1, 0.15) is 5.75 Å². The van der Waals surface area contributed by atoms with Gasteiger partial charge in [0, 0.05) is 6.54 Å². The third-order valence-corrected chi connectivity index (χ3v) is 3.38. The molecular formula is C17H19NO. The number of nitrogens with one attached hydrogen (secondary N) is 1. The summed E-state index contributed by atoms with van der Waals surface area (Å²) in [5.74, 6) is 0.984. The van der Waals surface area contributed by atoms with Crippen molar-refractivity contribution >= 4 is 0 Å². The van der Waals surface area contributed by atoms with Crippen molar-refractivity contribution in [1.82, 2.24) is 5.32 Å². The summed E-state index contributed by atoms with van der Waals surface area (Å²) in [6.07, 6.45) is 2.86. The maximum atomic E-state index is 5.78. The number of hydrogen-bond acceptors (Lipinski definition) is 2. The van der Waals surface area contributed by atoms with Gasteiger partial charge in [-0.1, -0.05) is 36.4 Å². The van der Waals surface area contributed by atoms with E-state index in [1.807, 2.05) is 7.05 Å². The minimum absolute atomic E-state index is 0.461. The van der Waals surface area contributed by atoms with Crippen molar-refractivity contribution < 1.29 is 4.74 Å². The quantitative estimate of drug-likeness (QED) is 0.878. The van der Waals surface area contributed by atoms with E-state index in [4.69, 9.17) is 4.74 Å². The van der Waals surface area contributed by atoms with E-state index in [9.17, 15) is 0 Å². The van der Waals surface area contributed by atoms with Crippen LogP contribution in [0.5, 0.6) is 5.75 Å². The zero-order chi connectivity index (χ0) is 13.1. The summed E-state index contributed by atoms with van der Waals surface area (Å²) in [6, 6.07) is 16.9. The Morgan fingerprint density at radius 1 is 1.05 bits per heavy atom. The van der Waals surface area contributed by atoms with E-state index in [1.54, 1.807) is 0 Å². The summed E-state index contributed by atoms with van der Waals surface area (Å²) in [5, 5.41) is 3.22. The molecule has 0 saturated heterocycles. The topological polar surface area (TPSA) is 21.3 Å². The van der Waals surface area contributed by atoms with Crippen LogP contribution in [0.1, 0.15) is 18.4 Å². The molecule has 1 aliphatic carbocycles. The van der Waals surface area contributed by atoms with Crippen molar-refractivity contribution in [2.75, 3.05) is 7.05 Å². The van der Waals surface area contributed by atoms with Crippen LogP contribution >= 0.6 is 0 Å². The first-order valence-corrected chi connectivity index (χ1v) is 6.86. The van der Waals surface area contributed by atoms with E-state index >= 15 is 0 Å². The average molecular weight is 253 g/mol. The number of rotatable bonds is 5. The molecule has 1 fully saturated rings. The third kappa shape index (κ3) is 2.96. The Morgan fingerprint density at radius 3 is 2.47 bits per heavy atom. The minimum atomic E-state index is 0.461. The molecule has 98 valence electrons. The van der Waals surface area contributed by atoms with E-state index in [-0.39, 0.29) is 0 Å². The number of ether oxygens (including phenoxy) is 1. The van der Waals surface area contributed by atoms with Gasteiger partial charge in [0.05, 0.1) is 6.10 Å². The maximum Gasteiger partial charge on any atom is 0.119 e. The Morgan fingerprint density at radius 2 is 1.79 bits per heavy atom. The van der Waals surface area contributed by atoms with Crippen molar-refractivity contribution in [2.24, 2.45) is 0 Å². The highest BCUT2D eigenvalue weighted by Crippen LogP contribution is 2.29. The van der Waals surface area contributed by atoms with Crippen LogP contribution in [-0.4, -0.2) is 13.2 Å². The lowest BCUT2D eigenvalue weighted by atomic mass is 9.99. The summed E-state index contributed by atoms with van der Waals surface area (Å²) < 4.78 is 5.78. The molecule has 2 aromatic rings. The van der Waals surface area contributed by atoms with Gasteiger partial charge >= 0.3 is 0 Å². The van der Waals surface area contributed by atoms with Gasteiger partial charge in [-0.25, -0.2) is 0 Å². The predicted octanol–water partition coefficient (Wildman–Crippen LogP) is 3.61. The Bertz CT molecular complexity index is 543. The van der Waals surface area contributed by atoms with Crippen LogP contribution in [0.3, 0.4) is 0 Å². The monoisotopic (exact) mass is 253 g/mol. The van der Waals surface area contributed by atoms with Crippen molar-refractivity contribution in [2.45, 2.75) is 25.5 Å². The van der Waals surface area contributed by atoms with Gasteiger partial charge in [-0.2, -0.15) is 0 Å². The molecule has 0 radical (unpaired) electrons. The SMILES string of the molecule is CNCc1ccccc1-c1ccc(OC2CC2)cc1. The van der Waals surface area contributed by atoms with Crippen molar-refractivity contribution in [1.29, 1.82) is 0 Å². The lowest BCUT2D eigenvalue weighted by molar-refractivity contribution is 0.303. The summed E-state index contributed by atoms with van der Waals surface area (Å²) in [5.41, 5.74) is 3.85. The van der Waals surface area contributed by atoms with E-state index < -0.39 is 0 Å². The Kier molecular flexibility index (Phi) is 3.51. The predicted molar refractivity (Wildman–Crippen MR) is 78.3 cm³/mol. The molecule has 19 heavy (non-hydrogen) atoms. The molecule has 0 spiro atoms. The summed E-state index contributed by atoms with van der Waals surface area (Å²) in [7, 11) is 1.98. The smallest absolute Gasteiger partial charge is 0.119 e. The second kappa shape index (κ2) is 5.45. The van der Waals surface area contributed by atoms with Gasteiger partial charge in [0.25, 0.3) is 0 Å². The average Bonchev–Trinajstić information content (AvgIpc) is 3.25. The van der Waals surface area contributed by atoms with Gasteiger partial charge in [-0.05, 0) is 48.7 Å². The Balaban J connectivity index is 1.84. The minimum Gasteiger partial charge on any atom is -0.490 e. The highest BCUT2D eigenvalue weighted by Gasteiger charge is 2.23. The molecule has 0 amide bonds. The Hall–Kier alpha value is -1.80. The first-order chi connectivity index (χ1) is 9.36.